The first-order chi connectivity index (χ1) is 6.74. The third kappa shape index (κ3) is 1.47. The predicted octanol–water partition coefficient (Wildman–Crippen LogP) is 1.17. The Hall–Kier alpha value is -0.780. The first-order valence-electron chi connectivity index (χ1n) is 4.18. The van der Waals surface area contributed by atoms with Gasteiger partial charge in [0.1, 0.15) is 0 Å². The molecule has 0 saturated carbocycles. The van der Waals surface area contributed by atoms with E-state index in [1.54, 1.807) is 6.07 Å². The molecule has 4 nitrogen and oxygen atoms in total. The first-order valence-corrected chi connectivity index (χ1v) is 4.97. The highest BCUT2D eigenvalue weighted by Gasteiger charge is 2.23. The summed E-state index contributed by atoms with van der Waals surface area (Å²) in [6.45, 7) is 0.0787. The highest BCUT2D eigenvalue weighted by molar-refractivity contribution is 9.10. The second-order valence-electron chi connectivity index (χ2n) is 2.98. The van der Waals surface area contributed by atoms with E-state index in [2.05, 4.69) is 15.9 Å². The fourth-order valence-electron chi connectivity index (χ4n) is 1.41. The lowest BCUT2D eigenvalue weighted by Crippen LogP contribution is -2.15. The molecule has 5 heteroatoms. The second-order valence-corrected chi connectivity index (χ2v) is 3.84. The zero-order chi connectivity index (χ0) is 10.1. The van der Waals surface area contributed by atoms with Crippen molar-refractivity contribution in [2.45, 2.75) is 6.04 Å². The normalized spacial score (nSPS) is 15.6. The molecule has 0 bridgehead atoms. The second kappa shape index (κ2) is 3.76. The standard InChI is InChI=1S/C9H10BrNO3/c10-5-1-2-7-9(14-4-13-7)8(5)6(11)3-12/h1-2,6,12H,3-4,11H2. The van der Waals surface area contributed by atoms with E-state index in [1.165, 1.54) is 0 Å². The molecule has 1 heterocycles. The van der Waals surface area contributed by atoms with Crippen molar-refractivity contribution in [1.82, 2.24) is 0 Å². The van der Waals surface area contributed by atoms with Crippen molar-refractivity contribution in [3.05, 3.63) is 22.2 Å². The summed E-state index contributed by atoms with van der Waals surface area (Å²) in [7, 11) is 0. The van der Waals surface area contributed by atoms with Crippen LogP contribution in [0.25, 0.3) is 0 Å². The van der Waals surface area contributed by atoms with Gasteiger partial charge in [-0.2, -0.15) is 0 Å². The van der Waals surface area contributed by atoms with Gasteiger partial charge in [-0.15, -0.1) is 0 Å². The number of ether oxygens (including phenoxy) is 2. The van der Waals surface area contributed by atoms with Crippen LogP contribution in [0.4, 0.5) is 0 Å². The number of fused-ring (bicyclic) bond motifs is 1. The largest absolute Gasteiger partial charge is 0.454 e. The third-order valence-corrected chi connectivity index (χ3v) is 2.78. The molecule has 3 N–H and O–H groups in total. The highest BCUT2D eigenvalue weighted by atomic mass is 79.9. The lowest BCUT2D eigenvalue weighted by molar-refractivity contribution is 0.172. The summed E-state index contributed by atoms with van der Waals surface area (Å²) in [5.41, 5.74) is 6.50. The average Bonchev–Trinajstić information content (AvgIpc) is 2.64. The minimum absolute atomic E-state index is 0.127. The minimum Gasteiger partial charge on any atom is -0.454 e. The molecule has 0 spiro atoms. The first kappa shape index (κ1) is 9.76. The molecular weight excluding hydrogens is 250 g/mol. The van der Waals surface area contributed by atoms with Crippen molar-refractivity contribution in [2.75, 3.05) is 13.4 Å². The van der Waals surface area contributed by atoms with Gasteiger partial charge in [0.05, 0.1) is 12.6 Å². The van der Waals surface area contributed by atoms with Crippen molar-refractivity contribution >= 4 is 15.9 Å². The van der Waals surface area contributed by atoms with Crippen molar-refractivity contribution in [3.63, 3.8) is 0 Å². The molecular formula is C9H10BrNO3. The molecule has 0 fully saturated rings. The van der Waals surface area contributed by atoms with Crippen molar-refractivity contribution in [2.24, 2.45) is 5.73 Å². The van der Waals surface area contributed by atoms with Crippen LogP contribution < -0.4 is 15.2 Å². The molecule has 0 aliphatic carbocycles. The van der Waals surface area contributed by atoms with Gasteiger partial charge < -0.3 is 20.3 Å². The Morgan fingerprint density at radius 2 is 2.29 bits per heavy atom. The lowest BCUT2D eigenvalue weighted by atomic mass is 10.1. The lowest BCUT2D eigenvalue weighted by Gasteiger charge is -2.13. The molecule has 0 saturated heterocycles. The molecule has 1 aliphatic rings. The van der Waals surface area contributed by atoms with Crippen LogP contribution in [-0.4, -0.2) is 18.5 Å². The average molecular weight is 260 g/mol. The molecule has 2 rings (SSSR count). The fraction of sp³-hybridized carbons (Fsp3) is 0.333. The summed E-state index contributed by atoms with van der Waals surface area (Å²) in [5, 5.41) is 9.00. The number of rotatable bonds is 2. The van der Waals surface area contributed by atoms with Crippen molar-refractivity contribution in [1.29, 1.82) is 0 Å². The number of benzene rings is 1. The third-order valence-electron chi connectivity index (χ3n) is 2.09. The Morgan fingerprint density at radius 3 is 3.00 bits per heavy atom. The van der Waals surface area contributed by atoms with E-state index in [1.807, 2.05) is 6.07 Å². The van der Waals surface area contributed by atoms with Crippen LogP contribution in [0.15, 0.2) is 16.6 Å². The SMILES string of the molecule is NC(CO)c1c(Br)ccc2c1OCO2. The summed E-state index contributed by atoms with van der Waals surface area (Å²) in [6.07, 6.45) is 0. The van der Waals surface area contributed by atoms with Gasteiger partial charge in [0, 0.05) is 10.0 Å². The van der Waals surface area contributed by atoms with Crippen molar-refractivity contribution in [3.8, 4) is 11.5 Å². The van der Waals surface area contributed by atoms with E-state index in [4.69, 9.17) is 20.3 Å². The van der Waals surface area contributed by atoms with Crippen LogP contribution in [-0.2, 0) is 0 Å². The zero-order valence-electron chi connectivity index (χ0n) is 7.37. The number of aliphatic hydroxyl groups excluding tert-OH is 1. The number of aliphatic hydroxyl groups is 1. The van der Waals surface area contributed by atoms with Gasteiger partial charge in [-0.1, -0.05) is 15.9 Å². The Morgan fingerprint density at radius 1 is 1.50 bits per heavy atom. The van der Waals surface area contributed by atoms with Gasteiger partial charge in [-0.3, -0.25) is 0 Å². The van der Waals surface area contributed by atoms with Crippen molar-refractivity contribution < 1.29 is 14.6 Å². The Balaban J connectivity index is 2.51. The molecule has 0 radical (unpaired) electrons. The van der Waals surface area contributed by atoms with Gasteiger partial charge in [0.25, 0.3) is 0 Å². The number of nitrogens with two attached hydrogens (primary N) is 1. The number of halogens is 1. The molecule has 1 atom stereocenters. The molecule has 1 aromatic carbocycles. The maximum absolute atomic E-state index is 9.00. The van der Waals surface area contributed by atoms with E-state index < -0.39 is 6.04 Å². The van der Waals surface area contributed by atoms with E-state index in [9.17, 15) is 0 Å². The van der Waals surface area contributed by atoms with Gasteiger partial charge in [-0.25, -0.2) is 0 Å². The molecule has 1 aromatic rings. The van der Waals surface area contributed by atoms with Gasteiger partial charge in [0.15, 0.2) is 11.5 Å². The topological polar surface area (TPSA) is 64.7 Å². The molecule has 76 valence electrons. The molecule has 1 aliphatic heterocycles. The van der Waals surface area contributed by atoms with Crippen LogP contribution in [0, 0.1) is 0 Å². The van der Waals surface area contributed by atoms with E-state index in [0.29, 0.717) is 11.5 Å². The summed E-state index contributed by atoms with van der Waals surface area (Å²) in [6, 6.07) is 3.18. The van der Waals surface area contributed by atoms with Gasteiger partial charge in [-0.05, 0) is 12.1 Å². The van der Waals surface area contributed by atoms with Crippen LogP contribution in [0.1, 0.15) is 11.6 Å². The van der Waals surface area contributed by atoms with Crippen LogP contribution >= 0.6 is 15.9 Å². The van der Waals surface area contributed by atoms with Crippen LogP contribution in [0.5, 0.6) is 11.5 Å². The molecule has 14 heavy (non-hydrogen) atoms. The maximum Gasteiger partial charge on any atom is 0.231 e. The van der Waals surface area contributed by atoms with Gasteiger partial charge >= 0.3 is 0 Å². The number of hydrogen-bond donors (Lipinski definition) is 2. The summed E-state index contributed by atoms with van der Waals surface area (Å²) in [4.78, 5) is 0. The fourth-order valence-corrected chi connectivity index (χ4v) is 2.01. The summed E-state index contributed by atoms with van der Waals surface area (Å²) >= 11 is 3.36. The Bertz CT molecular complexity index is 356. The van der Waals surface area contributed by atoms with Crippen LogP contribution in [0.3, 0.4) is 0 Å². The molecule has 0 amide bonds. The predicted molar refractivity (Wildman–Crippen MR) is 54.3 cm³/mol. The van der Waals surface area contributed by atoms with Gasteiger partial charge in [0.2, 0.25) is 6.79 Å². The number of hydrogen-bond acceptors (Lipinski definition) is 4. The smallest absolute Gasteiger partial charge is 0.231 e. The molecule has 1 unspecified atom stereocenters. The van der Waals surface area contributed by atoms with E-state index in [-0.39, 0.29) is 13.4 Å². The minimum atomic E-state index is -0.457. The highest BCUT2D eigenvalue weighted by Crippen LogP contribution is 2.41. The van der Waals surface area contributed by atoms with E-state index in [0.717, 1.165) is 10.0 Å². The Labute approximate surface area is 89.7 Å². The molecule has 0 aromatic heterocycles. The maximum atomic E-state index is 9.00. The van der Waals surface area contributed by atoms with Crippen LogP contribution in [0.2, 0.25) is 0 Å². The quantitative estimate of drug-likeness (QED) is 0.837. The monoisotopic (exact) mass is 259 g/mol. The summed E-state index contributed by atoms with van der Waals surface area (Å²) < 4.78 is 11.3. The van der Waals surface area contributed by atoms with E-state index >= 15 is 0 Å². The Kier molecular flexibility index (Phi) is 2.62. The summed E-state index contributed by atoms with van der Waals surface area (Å²) in [5.74, 6) is 1.30. The zero-order valence-corrected chi connectivity index (χ0v) is 8.95.